The van der Waals surface area contributed by atoms with Crippen LogP contribution < -0.4 is 11.1 Å². The lowest BCUT2D eigenvalue weighted by atomic mass is 10.0. The number of hydrogen-bond donors (Lipinski definition) is 2. The fourth-order valence-corrected chi connectivity index (χ4v) is 2.30. The van der Waals surface area contributed by atoms with E-state index in [1.165, 1.54) is 6.33 Å². The molecule has 4 heteroatoms. The average molecular weight is 220 g/mol. The van der Waals surface area contributed by atoms with E-state index < -0.39 is 0 Å². The number of aromatic nitrogens is 2. The highest BCUT2D eigenvalue weighted by molar-refractivity contribution is 5.56. The van der Waals surface area contributed by atoms with Crippen LogP contribution in [-0.4, -0.2) is 16.0 Å². The van der Waals surface area contributed by atoms with Crippen LogP contribution in [0.4, 0.5) is 11.6 Å². The Bertz CT molecular complexity index is 409. The first-order valence-corrected chi connectivity index (χ1v) is 5.62. The van der Waals surface area contributed by atoms with Gasteiger partial charge < -0.3 is 11.1 Å². The summed E-state index contributed by atoms with van der Waals surface area (Å²) in [5.41, 5.74) is 7.27. The molecule has 0 aromatic carbocycles. The van der Waals surface area contributed by atoms with E-state index in [0.29, 0.717) is 22.7 Å². The Kier molecular flexibility index (Phi) is 2.16. The highest BCUT2D eigenvalue weighted by atomic mass is 15.1. The van der Waals surface area contributed by atoms with Crippen LogP contribution in [0.15, 0.2) is 6.33 Å². The average Bonchev–Trinajstić information content (AvgIpc) is 2.55. The summed E-state index contributed by atoms with van der Waals surface area (Å²) in [6.07, 6.45) is 1.51. The molecule has 4 nitrogen and oxygen atoms in total. The molecule has 1 saturated carbocycles. The van der Waals surface area contributed by atoms with E-state index in [9.17, 15) is 0 Å². The molecule has 3 N–H and O–H groups in total. The van der Waals surface area contributed by atoms with Gasteiger partial charge in [0, 0.05) is 11.6 Å². The zero-order valence-corrected chi connectivity index (χ0v) is 10.6. The summed E-state index contributed by atoms with van der Waals surface area (Å²) in [7, 11) is 0. The van der Waals surface area contributed by atoms with Crippen molar-refractivity contribution in [3.05, 3.63) is 11.9 Å². The van der Waals surface area contributed by atoms with Crippen molar-refractivity contribution in [2.24, 2.45) is 10.8 Å². The van der Waals surface area contributed by atoms with Crippen molar-refractivity contribution in [1.82, 2.24) is 9.97 Å². The van der Waals surface area contributed by atoms with Gasteiger partial charge in [0.05, 0.1) is 0 Å². The second kappa shape index (κ2) is 3.09. The van der Waals surface area contributed by atoms with Crippen molar-refractivity contribution in [2.45, 2.75) is 40.7 Å². The van der Waals surface area contributed by atoms with Gasteiger partial charge in [0.1, 0.15) is 18.0 Å². The number of nitrogens with one attached hydrogen (secondary N) is 1. The van der Waals surface area contributed by atoms with Crippen LogP contribution in [0.2, 0.25) is 0 Å². The number of nitrogens with two attached hydrogens (primary N) is 1. The lowest BCUT2D eigenvalue weighted by Gasteiger charge is -2.10. The Labute approximate surface area is 96.7 Å². The monoisotopic (exact) mass is 220 g/mol. The quantitative estimate of drug-likeness (QED) is 0.802. The first-order valence-electron chi connectivity index (χ1n) is 5.62. The van der Waals surface area contributed by atoms with Gasteiger partial charge in [-0.3, -0.25) is 0 Å². The summed E-state index contributed by atoms with van der Waals surface area (Å²) in [6.45, 7) is 11.0. The van der Waals surface area contributed by atoms with Crippen molar-refractivity contribution in [1.29, 1.82) is 0 Å². The molecule has 1 aliphatic rings. The predicted octanol–water partition coefficient (Wildman–Crippen LogP) is 2.21. The SMILES string of the molecule is Cc1c(N)ncnc1NC1C(C)(C)C1(C)C. The maximum Gasteiger partial charge on any atom is 0.134 e. The molecule has 88 valence electrons. The molecule has 0 saturated heterocycles. The van der Waals surface area contributed by atoms with Gasteiger partial charge in [-0.25, -0.2) is 9.97 Å². The molecule has 0 amide bonds. The molecule has 0 aliphatic heterocycles. The van der Waals surface area contributed by atoms with Crippen LogP contribution in [0.5, 0.6) is 0 Å². The molecule has 0 atom stereocenters. The molecular formula is C12H20N4. The van der Waals surface area contributed by atoms with Crippen molar-refractivity contribution < 1.29 is 0 Å². The molecule has 0 spiro atoms. The minimum Gasteiger partial charge on any atom is -0.383 e. The standard InChI is InChI=1S/C12H20N4/c1-7-8(13)14-6-15-9(7)16-10-11(2,3)12(10,4)5/h6,10H,1-5H3,(H3,13,14,15,16). The van der Waals surface area contributed by atoms with Crippen LogP contribution in [0.3, 0.4) is 0 Å². The summed E-state index contributed by atoms with van der Waals surface area (Å²) in [5.74, 6) is 1.41. The van der Waals surface area contributed by atoms with Crippen LogP contribution in [-0.2, 0) is 0 Å². The molecule has 16 heavy (non-hydrogen) atoms. The first-order chi connectivity index (χ1) is 7.28. The molecule has 1 fully saturated rings. The second-order valence-electron chi connectivity index (χ2n) is 5.75. The smallest absolute Gasteiger partial charge is 0.134 e. The molecule has 0 bridgehead atoms. The fraction of sp³-hybridized carbons (Fsp3) is 0.667. The summed E-state index contributed by atoms with van der Waals surface area (Å²) in [5, 5.41) is 3.47. The van der Waals surface area contributed by atoms with Crippen LogP contribution in [0.1, 0.15) is 33.3 Å². The van der Waals surface area contributed by atoms with E-state index in [1.807, 2.05) is 6.92 Å². The van der Waals surface area contributed by atoms with Crippen LogP contribution in [0.25, 0.3) is 0 Å². The molecule has 0 radical (unpaired) electrons. The number of hydrogen-bond acceptors (Lipinski definition) is 4. The van der Waals surface area contributed by atoms with Crippen molar-refractivity contribution in [3.8, 4) is 0 Å². The van der Waals surface area contributed by atoms with Crippen LogP contribution >= 0.6 is 0 Å². The maximum absolute atomic E-state index is 5.76. The Morgan fingerprint density at radius 1 is 1.19 bits per heavy atom. The summed E-state index contributed by atoms with van der Waals surface area (Å²) < 4.78 is 0. The van der Waals surface area contributed by atoms with E-state index in [1.54, 1.807) is 0 Å². The van der Waals surface area contributed by atoms with Gasteiger partial charge in [0.2, 0.25) is 0 Å². The molecular weight excluding hydrogens is 200 g/mol. The predicted molar refractivity (Wildman–Crippen MR) is 66.2 cm³/mol. The van der Waals surface area contributed by atoms with Gasteiger partial charge in [-0.05, 0) is 17.8 Å². The van der Waals surface area contributed by atoms with Gasteiger partial charge >= 0.3 is 0 Å². The number of nitrogen functional groups attached to an aromatic ring is 1. The van der Waals surface area contributed by atoms with Gasteiger partial charge in [-0.2, -0.15) is 0 Å². The van der Waals surface area contributed by atoms with E-state index in [4.69, 9.17) is 5.73 Å². The van der Waals surface area contributed by atoms with E-state index in [0.717, 1.165) is 11.4 Å². The molecule has 1 aromatic heterocycles. The Balaban J connectivity index is 2.21. The maximum atomic E-state index is 5.76. The van der Waals surface area contributed by atoms with Gasteiger partial charge in [-0.1, -0.05) is 27.7 Å². The third-order valence-corrected chi connectivity index (χ3v) is 4.42. The minimum absolute atomic E-state index is 0.291. The second-order valence-corrected chi connectivity index (χ2v) is 5.75. The van der Waals surface area contributed by atoms with Gasteiger partial charge in [-0.15, -0.1) is 0 Å². The Morgan fingerprint density at radius 3 is 2.25 bits per heavy atom. The highest BCUT2D eigenvalue weighted by Gasteiger charge is 2.65. The molecule has 0 unspecified atom stereocenters. The number of anilines is 2. The van der Waals surface area contributed by atoms with Crippen LogP contribution in [0, 0.1) is 17.8 Å². The van der Waals surface area contributed by atoms with E-state index in [-0.39, 0.29) is 0 Å². The number of nitrogens with zero attached hydrogens (tertiary/aromatic N) is 2. The zero-order chi connectivity index (χ0) is 12.1. The Morgan fingerprint density at radius 2 is 1.75 bits per heavy atom. The van der Waals surface area contributed by atoms with Crippen molar-refractivity contribution in [3.63, 3.8) is 0 Å². The third-order valence-electron chi connectivity index (χ3n) is 4.42. The number of rotatable bonds is 2. The normalized spacial score (nSPS) is 21.8. The molecule has 1 aliphatic carbocycles. The lowest BCUT2D eigenvalue weighted by molar-refractivity contribution is 0.457. The van der Waals surface area contributed by atoms with Gasteiger partial charge in [0.25, 0.3) is 0 Å². The summed E-state index contributed by atoms with van der Waals surface area (Å²) >= 11 is 0. The summed E-state index contributed by atoms with van der Waals surface area (Å²) in [4.78, 5) is 8.21. The lowest BCUT2D eigenvalue weighted by Crippen LogP contribution is -2.13. The van der Waals surface area contributed by atoms with E-state index >= 15 is 0 Å². The topological polar surface area (TPSA) is 63.8 Å². The first kappa shape index (κ1) is 11.2. The van der Waals surface area contributed by atoms with Gasteiger partial charge in [0.15, 0.2) is 0 Å². The minimum atomic E-state index is 0.291. The van der Waals surface area contributed by atoms with Crippen molar-refractivity contribution >= 4 is 11.6 Å². The highest BCUT2D eigenvalue weighted by Crippen LogP contribution is 2.63. The van der Waals surface area contributed by atoms with E-state index in [2.05, 4.69) is 43.0 Å². The molecule has 1 heterocycles. The summed E-state index contributed by atoms with van der Waals surface area (Å²) in [6, 6.07) is 0.438. The zero-order valence-electron chi connectivity index (χ0n) is 10.6. The van der Waals surface area contributed by atoms with Crippen molar-refractivity contribution in [2.75, 3.05) is 11.1 Å². The fourth-order valence-electron chi connectivity index (χ4n) is 2.30. The Hall–Kier alpha value is -1.32. The molecule has 2 rings (SSSR count). The largest absolute Gasteiger partial charge is 0.383 e. The molecule has 1 aromatic rings. The third kappa shape index (κ3) is 1.36.